The second-order valence-electron chi connectivity index (χ2n) is 5.94. The minimum atomic E-state index is 0.291. The summed E-state index contributed by atoms with van der Waals surface area (Å²) in [5, 5.41) is 0. The third-order valence-corrected chi connectivity index (χ3v) is 5.45. The fourth-order valence-corrected chi connectivity index (χ4v) is 3.81. The van der Waals surface area contributed by atoms with Gasteiger partial charge in [-0.3, -0.25) is 0 Å². The van der Waals surface area contributed by atoms with E-state index < -0.39 is 0 Å². The summed E-state index contributed by atoms with van der Waals surface area (Å²) in [6.45, 7) is 2.97. The maximum absolute atomic E-state index is 6.19. The van der Waals surface area contributed by atoms with Crippen LogP contribution in [-0.4, -0.2) is 18.4 Å². The predicted molar refractivity (Wildman–Crippen MR) is 93.7 cm³/mol. The van der Waals surface area contributed by atoms with Crippen LogP contribution in [0.15, 0.2) is 53.4 Å². The molecule has 2 aromatic rings. The van der Waals surface area contributed by atoms with E-state index in [0.717, 1.165) is 24.3 Å². The molecule has 1 heterocycles. The standard InChI is InChI=1S/C19H23NOS/c1-14(13-22-17-5-3-2-4-6-17)18-12-16-8-7-15(9-10-20)11-19(16)21-18/h2-8,11,14,18H,9-10,12-13,20H2,1H3. The summed E-state index contributed by atoms with van der Waals surface area (Å²) in [4.78, 5) is 1.33. The first kappa shape index (κ1) is 15.4. The molecule has 1 aliphatic heterocycles. The Morgan fingerprint density at radius 3 is 2.82 bits per heavy atom. The number of hydrogen-bond acceptors (Lipinski definition) is 3. The molecule has 0 spiro atoms. The van der Waals surface area contributed by atoms with Crippen LogP contribution in [0, 0.1) is 5.92 Å². The van der Waals surface area contributed by atoms with Crippen LogP contribution in [0.25, 0.3) is 0 Å². The Labute approximate surface area is 137 Å². The first-order valence-electron chi connectivity index (χ1n) is 7.92. The van der Waals surface area contributed by atoms with E-state index in [9.17, 15) is 0 Å². The van der Waals surface area contributed by atoms with Gasteiger partial charge in [-0.2, -0.15) is 0 Å². The molecule has 2 unspecified atom stereocenters. The van der Waals surface area contributed by atoms with Gasteiger partial charge in [-0.15, -0.1) is 11.8 Å². The third kappa shape index (κ3) is 3.65. The maximum atomic E-state index is 6.19. The van der Waals surface area contributed by atoms with Crippen molar-refractivity contribution >= 4 is 11.8 Å². The fraction of sp³-hybridized carbons (Fsp3) is 0.368. The SMILES string of the molecule is CC(CSc1ccccc1)C1Cc2ccc(CCN)cc2O1. The van der Waals surface area contributed by atoms with Gasteiger partial charge in [0.15, 0.2) is 0 Å². The molecule has 0 radical (unpaired) electrons. The van der Waals surface area contributed by atoms with Crippen LogP contribution < -0.4 is 10.5 Å². The number of fused-ring (bicyclic) bond motifs is 1. The molecule has 3 heteroatoms. The van der Waals surface area contributed by atoms with Gasteiger partial charge in [-0.05, 0) is 42.3 Å². The Kier molecular flexibility index (Phi) is 5.06. The highest BCUT2D eigenvalue weighted by molar-refractivity contribution is 7.99. The van der Waals surface area contributed by atoms with Crippen molar-refractivity contribution in [2.24, 2.45) is 11.7 Å². The first-order chi connectivity index (χ1) is 10.8. The summed E-state index contributed by atoms with van der Waals surface area (Å²) in [5.74, 6) is 2.67. The lowest BCUT2D eigenvalue weighted by Crippen LogP contribution is -2.24. The molecule has 0 aromatic heterocycles. The Bertz CT molecular complexity index is 614. The van der Waals surface area contributed by atoms with Crippen LogP contribution in [0.1, 0.15) is 18.1 Å². The van der Waals surface area contributed by atoms with E-state index in [1.807, 2.05) is 11.8 Å². The molecule has 0 bridgehead atoms. The second-order valence-corrected chi connectivity index (χ2v) is 7.04. The van der Waals surface area contributed by atoms with Crippen LogP contribution in [0.4, 0.5) is 0 Å². The van der Waals surface area contributed by atoms with Crippen LogP contribution in [0.5, 0.6) is 5.75 Å². The van der Waals surface area contributed by atoms with Crippen molar-refractivity contribution in [2.45, 2.75) is 30.8 Å². The normalized spacial score (nSPS) is 17.8. The van der Waals surface area contributed by atoms with Crippen LogP contribution in [0.2, 0.25) is 0 Å². The molecule has 116 valence electrons. The van der Waals surface area contributed by atoms with Crippen molar-refractivity contribution in [1.29, 1.82) is 0 Å². The summed E-state index contributed by atoms with van der Waals surface area (Å²) in [6, 6.07) is 17.1. The van der Waals surface area contributed by atoms with E-state index in [0.29, 0.717) is 18.6 Å². The molecular formula is C19H23NOS. The highest BCUT2D eigenvalue weighted by Gasteiger charge is 2.27. The Morgan fingerprint density at radius 1 is 1.23 bits per heavy atom. The lowest BCUT2D eigenvalue weighted by Gasteiger charge is -2.18. The zero-order chi connectivity index (χ0) is 15.4. The molecule has 0 saturated heterocycles. The van der Waals surface area contributed by atoms with Gasteiger partial charge in [0.2, 0.25) is 0 Å². The van der Waals surface area contributed by atoms with Crippen molar-refractivity contribution in [3.63, 3.8) is 0 Å². The maximum Gasteiger partial charge on any atom is 0.123 e. The van der Waals surface area contributed by atoms with E-state index in [4.69, 9.17) is 10.5 Å². The van der Waals surface area contributed by atoms with Crippen LogP contribution in [0.3, 0.4) is 0 Å². The summed E-state index contributed by atoms with van der Waals surface area (Å²) < 4.78 is 6.19. The highest BCUT2D eigenvalue weighted by Crippen LogP contribution is 2.34. The second kappa shape index (κ2) is 7.21. The molecule has 0 saturated carbocycles. The van der Waals surface area contributed by atoms with Crippen molar-refractivity contribution in [1.82, 2.24) is 0 Å². The Morgan fingerprint density at radius 2 is 2.05 bits per heavy atom. The van der Waals surface area contributed by atoms with Crippen LogP contribution >= 0.6 is 11.8 Å². The van der Waals surface area contributed by atoms with Crippen molar-refractivity contribution in [3.05, 3.63) is 59.7 Å². The summed E-state index contributed by atoms with van der Waals surface area (Å²) in [7, 11) is 0. The van der Waals surface area contributed by atoms with E-state index >= 15 is 0 Å². The number of thioether (sulfide) groups is 1. The Balaban J connectivity index is 1.58. The van der Waals surface area contributed by atoms with E-state index in [1.165, 1.54) is 16.0 Å². The topological polar surface area (TPSA) is 35.2 Å². The molecular weight excluding hydrogens is 290 g/mol. The van der Waals surface area contributed by atoms with Gasteiger partial charge < -0.3 is 10.5 Å². The number of rotatable bonds is 6. The average Bonchev–Trinajstić information content (AvgIpc) is 2.97. The van der Waals surface area contributed by atoms with Crippen LogP contribution in [-0.2, 0) is 12.8 Å². The first-order valence-corrected chi connectivity index (χ1v) is 8.91. The van der Waals surface area contributed by atoms with E-state index in [2.05, 4.69) is 55.5 Å². The van der Waals surface area contributed by atoms with Gasteiger partial charge in [0.05, 0.1) is 0 Å². The molecule has 0 fully saturated rings. The fourth-order valence-electron chi connectivity index (χ4n) is 2.79. The van der Waals surface area contributed by atoms with Gasteiger partial charge in [0, 0.05) is 23.0 Å². The average molecular weight is 313 g/mol. The van der Waals surface area contributed by atoms with Crippen molar-refractivity contribution in [2.75, 3.05) is 12.3 Å². The van der Waals surface area contributed by atoms with Gasteiger partial charge in [-0.1, -0.05) is 37.3 Å². The van der Waals surface area contributed by atoms with Gasteiger partial charge in [0.25, 0.3) is 0 Å². The van der Waals surface area contributed by atoms with Gasteiger partial charge >= 0.3 is 0 Å². The number of ether oxygens (including phenoxy) is 1. The molecule has 0 amide bonds. The Hall–Kier alpha value is -1.45. The molecule has 2 nitrogen and oxygen atoms in total. The lowest BCUT2D eigenvalue weighted by atomic mass is 10.0. The predicted octanol–water partition coefficient (Wildman–Crippen LogP) is 3.92. The monoisotopic (exact) mass is 313 g/mol. The smallest absolute Gasteiger partial charge is 0.123 e. The minimum Gasteiger partial charge on any atom is -0.489 e. The number of nitrogens with two attached hydrogens (primary N) is 1. The minimum absolute atomic E-state index is 0.291. The quantitative estimate of drug-likeness (QED) is 0.821. The van der Waals surface area contributed by atoms with Gasteiger partial charge in [0.1, 0.15) is 11.9 Å². The molecule has 2 aromatic carbocycles. The van der Waals surface area contributed by atoms with Gasteiger partial charge in [-0.25, -0.2) is 0 Å². The largest absolute Gasteiger partial charge is 0.489 e. The summed E-state index contributed by atoms with van der Waals surface area (Å²) in [5.41, 5.74) is 8.24. The third-order valence-electron chi connectivity index (χ3n) is 4.15. The van der Waals surface area contributed by atoms with Crippen molar-refractivity contribution < 1.29 is 4.74 Å². The molecule has 22 heavy (non-hydrogen) atoms. The van der Waals surface area contributed by atoms with E-state index in [-0.39, 0.29) is 0 Å². The number of hydrogen-bond donors (Lipinski definition) is 1. The summed E-state index contributed by atoms with van der Waals surface area (Å²) in [6.07, 6.45) is 2.23. The molecule has 2 atom stereocenters. The summed E-state index contributed by atoms with van der Waals surface area (Å²) >= 11 is 1.91. The lowest BCUT2D eigenvalue weighted by molar-refractivity contribution is 0.181. The zero-order valence-electron chi connectivity index (χ0n) is 13.0. The van der Waals surface area contributed by atoms with Crippen molar-refractivity contribution in [3.8, 4) is 5.75 Å². The zero-order valence-corrected chi connectivity index (χ0v) is 13.8. The number of benzene rings is 2. The molecule has 3 rings (SSSR count). The molecule has 0 aliphatic carbocycles. The molecule has 2 N–H and O–H groups in total. The molecule has 1 aliphatic rings. The highest BCUT2D eigenvalue weighted by atomic mass is 32.2. The van der Waals surface area contributed by atoms with E-state index in [1.54, 1.807) is 0 Å².